The van der Waals surface area contributed by atoms with Crippen LogP contribution in [0, 0.1) is 5.41 Å². The maximum atomic E-state index is 11.1. The number of rotatable bonds is 3. The Balaban J connectivity index is 2.16. The molecule has 13 heavy (non-hydrogen) atoms. The van der Waals surface area contributed by atoms with E-state index in [1.807, 2.05) is 4.90 Å². The van der Waals surface area contributed by atoms with Crippen LogP contribution in [0.15, 0.2) is 0 Å². The molecule has 3 heteroatoms. The van der Waals surface area contributed by atoms with E-state index in [9.17, 15) is 4.79 Å². The second-order valence-corrected chi connectivity index (χ2v) is 4.88. The molecule has 0 saturated carbocycles. The van der Waals surface area contributed by atoms with Gasteiger partial charge in [0.25, 0.3) is 0 Å². The van der Waals surface area contributed by atoms with Gasteiger partial charge >= 0.3 is 6.03 Å². The molecule has 1 fully saturated rings. The van der Waals surface area contributed by atoms with Crippen LogP contribution in [0.25, 0.3) is 0 Å². The standard InChI is InChI=1S/C10H20N2O/c1-10(2,3)5-4-7-12-8-6-11-9(12)13/h4-8H2,1-3H3,(H,11,13). The average Bonchev–Trinajstić information content (AvgIpc) is 2.34. The molecule has 0 aromatic heterocycles. The molecule has 76 valence electrons. The van der Waals surface area contributed by atoms with Crippen molar-refractivity contribution in [2.75, 3.05) is 19.6 Å². The SMILES string of the molecule is CC(C)(C)CCCN1CCNC1=O. The maximum Gasteiger partial charge on any atom is 0.317 e. The predicted octanol–water partition coefficient (Wildman–Crippen LogP) is 1.84. The minimum atomic E-state index is 0.105. The number of hydrogen-bond donors (Lipinski definition) is 1. The Morgan fingerprint density at radius 1 is 1.46 bits per heavy atom. The van der Waals surface area contributed by atoms with Crippen molar-refractivity contribution in [3.05, 3.63) is 0 Å². The summed E-state index contributed by atoms with van der Waals surface area (Å²) in [5.41, 5.74) is 0.385. The molecule has 1 aliphatic rings. The van der Waals surface area contributed by atoms with E-state index in [-0.39, 0.29) is 6.03 Å². The Hall–Kier alpha value is -0.730. The second kappa shape index (κ2) is 3.99. The number of hydrogen-bond acceptors (Lipinski definition) is 1. The van der Waals surface area contributed by atoms with Crippen LogP contribution in [-0.2, 0) is 0 Å². The van der Waals surface area contributed by atoms with Crippen LogP contribution >= 0.6 is 0 Å². The molecule has 0 atom stereocenters. The van der Waals surface area contributed by atoms with Gasteiger partial charge in [0.05, 0.1) is 0 Å². The van der Waals surface area contributed by atoms with Gasteiger partial charge in [0, 0.05) is 19.6 Å². The first-order chi connectivity index (χ1) is 5.99. The van der Waals surface area contributed by atoms with E-state index >= 15 is 0 Å². The number of nitrogens with zero attached hydrogens (tertiary/aromatic N) is 1. The zero-order valence-electron chi connectivity index (χ0n) is 8.89. The Labute approximate surface area is 80.5 Å². The molecule has 1 rings (SSSR count). The van der Waals surface area contributed by atoms with Crippen molar-refractivity contribution in [2.24, 2.45) is 5.41 Å². The predicted molar refractivity (Wildman–Crippen MR) is 53.7 cm³/mol. The van der Waals surface area contributed by atoms with Crippen LogP contribution in [0.2, 0.25) is 0 Å². The van der Waals surface area contributed by atoms with Crippen molar-refractivity contribution >= 4 is 6.03 Å². The number of urea groups is 1. The maximum absolute atomic E-state index is 11.1. The van der Waals surface area contributed by atoms with Crippen molar-refractivity contribution < 1.29 is 4.79 Å². The first kappa shape index (κ1) is 10.4. The van der Waals surface area contributed by atoms with E-state index in [0.717, 1.165) is 26.1 Å². The van der Waals surface area contributed by atoms with Crippen molar-refractivity contribution in [1.29, 1.82) is 0 Å². The molecule has 2 amide bonds. The molecule has 3 nitrogen and oxygen atoms in total. The fraction of sp³-hybridized carbons (Fsp3) is 0.900. The highest BCUT2D eigenvalue weighted by Gasteiger charge is 2.19. The molecule has 1 saturated heterocycles. The summed E-state index contributed by atoms with van der Waals surface area (Å²) in [7, 11) is 0. The van der Waals surface area contributed by atoms with E-state index in [4.69, 9.17) is 0 Å². The Morgan fingerprint density at radius 2 is 2.15 bits per heavy atom. The van der Waals surface area contributed by atoms with Crippen molar-refractivity contribution in [3.8, 4) is 0 Å². The third kappa shape index (κ3) is 3.66. The van der Waals surface area contributed by atoms with Gasteiger partial charge in [-0.2, -0.15) is 0 Å². The lowest BCUT2D eigenvalue weighted by atomic mass is 9.90. The van der Waals surface area contributed by atoms with E-state index in [1.165, 1.54) is 6.42 Å². The Morgan fingerprint density at radius 3 is 2.62 bits per heavy atom. The third-order valence-corrected chi connectivity index (χ3v) is 2.30. The summed E-state index contributed by atoms with van der Waals surface area (Å²) < 4.78 is 0. The van der Waals surface area contributed by atoms with Crippen LogP contribution in [0.3, 0.4) is 0 Å². The summed E-state index contributed by atoms with van der Waals surface area (Å²) in [5.74, 6) is 0. The monoisotopic (exact) mass is 184 g/mol. The summed E-state index contributed by atoms with van der Waals surface area (Å²) in [6.07, 6.45) is 2.29. The fourth-order valence-electron chi connectivity index (χ4n) is 1.52. The lowest BCUT2D eigenvalue weighted by Gasteiger charge is -2.20. The highest BCUT2D eigenvalue weighted by atomic mass is 16.2. The summed E-state index contributed by atoms with van der Waals surface area (Å²) in [6.45, 7) is 9.30. The Bertz CT molecular complexity index is 184. The molecule has 0 bridgehead atoms. The van der Waals surface area contributed by atoms with Gasteiger partial charge in [0.1, 0.15) is 0 Å². The lowest BCUT2D eigenvalue weighted by molar-refractivity contribution is 0.213. The number of carbonyl (C=O) groups is 1. The molecular formula is C10H20N2O. The van der Waals surface area contributed by atoms with Gasteiger partial charge in [0.15, 0.2) is 0 Å². The van der Waals surface area contributed by atoms with Gasteiger partial charge in [-0.25, -0.2) is 4.79 Å². The largest absolute Gasteiger partial charge is 0.336 e. The second-order valence-electron chi connectivity index (χ2n) is 4.88. The summed E-state index contributed by atoms with van der Waals surface area (Å²) in [4.78, 5) is 13.0. The van der Waals surface area contributed by atoms with Crippen molar-refractivity contribution in [2.45, 2.75) is 33.6 Å². The molecule has 1 N–H and O–H groups in total. The normalized spacial score (nSPS) is 17.8. The van der Waals surface area contributed by atoms with Crippen LogP contribution in [0.5, 0.6) is 0 Å². The van der Waals surface area contributed by atoms with Crippen LogP contribution in [0.1, 0.15) is 33.6 Å². The molecule has 0 aromatic carbocycles. The zero-order valence-corrected chi connectivity index (χ0v) is 8.89. The Kier molecular flexibility index (Phi) is 3.17. The molecule has 1 aliphatic heterocycles. The van der Waals surface area contributed by atoms with Gasteiger partial charge in [-0.3, -0.25) is 0 Å². The summed E-state index contributed by atoms with van der Waals surface area (Å²) >= 11 is 0. The third-order valence-electron chi connectivity index (χ3n) is 2.30. The molecule has 0 aromatic rings. The van der Waals surface area contributed by atoms with Gasteiger partial charge in [-0.1, -0.05) is 20.8 Å². The topological polar surface area (TPSA) is 32.3 Å². The van der Waals surface area contributed by atoms with E-state index in [2.05, 4.69) is 26.1 Å². The molecular weight excluding hydrogens is 164 g/mol. The van der Waals surface area contributed by atoms with E-state index < -0.39 is 0 Å². The first-order valence-electron chi connectivity index (χ1n) is 5.02. The van der Waals surface area contributed by atoms with Crippen LogP contribution in [-0.4, -0.2) is 30.6 Å². The minimum absolute atomic E-state index is 0.105. The average molecular weight is 184 g/mol. The molecule has 0 unspecified atom stereocenters. The van der Waals surface area contributed by atoms with E-state index in [1.54, 1.807) is 0 Å². The van der Waals surface area contributed by atoms with Gasteiger partial charge < -0.3 is 10.2 Å². The quantitative estimate of drug-likeness (QED) is 0.713. The van der Waals surface area contributed by atoms with Gasteiger partial charge in [-0.05, 0) is 18.3 Å². The lowest BCUT2D eigenvalue weighted by Crippen LogP contribution is -2.29. The highest BCUT2D eigenvalue weighted by molar-refractivity contribution is 5.76. The van der Waals surface area contributed by atoms with Gasteiger partial charge in [0.2, 0.25) is 0 Å². The number of carbonyl (C=O) groups excluding carboxylic acids is 1. The van der Waals surface area contributed by atoms with Crippen LogP contribution < -0.4 is 5.32 Å². The first-order valence-corrected chi connectivity index (χ1v) is 5.02. The molecule has 0 aliphatic carbocycles. The zero-order chi connectivity index (χ0) is 9.90. The smallest absolute Gasteiger partial charge is 0.317 e. The molecule has 0 spiro atoms. The highest BCUT2D eigenvalue weighted by Crippen LogP contribution is 2.20. The minimum Gasteiger partial charge on any atom is -0.336 e. The fourth-order valence-corrected chi connectivity index (χ4v) is 1.52. The van der Waals surface area contributed by atoms with E-state index in [0.29, 0.717) is 5.41 Å². The molecule has 0 radical (unpaired) electrons. The number of amides is 2. The van der Waals surface area contributed by atoms with Crippen molar-refractivity contribution in [3.63, 3.8) is 0 Å². The summed E-state index contributed by atoms with van der Waals surface area (Å²) in [5, 5.41) is 2.80. The van der Waals surface area contributed by atoms with Gasteiger partial charge in [-0.15, -0.1) is 0 Å². The summed E-state index contributed by atoms with van der Waals surface area (Å²) in [6, 6.07) is 0.105. The molecule has 1 heterocycles. The van der Waals surface area contributed by atoms with Crippen molar-refractivity contribution in [1.82, 2.24) is 10.2 Å². The number of nitrogens with one attached hydrogen (secondary N) is 1. The van der Waals surface area contributed by atoms with Crippen LogP contribution in [0.4, 0.5) is 4.79 Å².